The lowest BCUT2D eigenvalue weighted by molar-refractivity contribution is 0.0953. The van der Waals surface area contributed by atoms with Crippen LogP contribution in [0.3, 0.4) is 0 Å². The van der Waals surface area contributed by atoms with Gasteiger partial charge in [-0.25, -0.2) is 10.8 Å². The summed E-state index contributed by atoms with van der Waals surface area (Å²) >= 11 is 1.22. The Bertz CT molecular complexity index is 580. The predicted octanol–water partition coefficient (Wildman–Crippen LogP) is 0.468. The zero-order valence-electron chi connectivity index (χ0n) is 8.75. The molecule has 7 heteroatoms. The highest BCUT2D eigenvalue weighted by Gasteiger charge is 2.10. The van der Waals surface area contributed by atoms with E-state index in [4.69, 9.17) is 11.1 Å². The molecule has 0 aliphatic carbocycles. The molecular weight excluding hydrogens is 238 g/mol. The number of aromatic nitrogens is 2. The Balaban J connectivity index is 2.18. The van der Waals surface area contributed by atoms with Crippen molar-refractivity contribution in [2.75, 3.05) is 0 Å². The summed E-state index contributed by atoms with van der Waals surface area (Å²) in [5.74, 6) is 4.61. The average Bonchev–Trinajstić information content (AvgIpc) is 2.97. The molecule has 0 fully saturated rings. The number of nitrogens with two attached hydrogens (primary N) is 1. The smallest absolute Gasteiger partial charge is 0.294 e. The van der Waals surface area contributed by atoms with Gasteiger partial charge in [-0.15, -0.1) is 11.3 Å². The van der Waals surface area contributed by atoms with E-state index in [0.717, 1.165) is 5.69 Å². The van der Waals surface area contributed by atoms with Crippen molar-refractivity contribution in [2.24, 2.45) is 5.84 Å². The first-order valence-corrected chi connectivity index (χ1v) is 5.63. The first kappa shape index (κ1) is 11.3. The molecule has 0 atom stereocenters. The molecule has 17 heavy (non-hydrogen) atoms. The summed E-state index contributed by atoms with van der Waals surface area (Å²) in [6.07, 6.45) is 1.79. The first-order valence-electron chi connectivity index (χ1n) is 4.75. The van der Waals surface area contributed by atoms with Crippen molar-refractivity contribution >= 4 is 17.2 Å². The molecule has 2 rings (SSSR count). The topological polar surface area (TPSA) is 96.7 Å². The molecule has 0 saturated heterocycles. The van der Waals surface area contributed by atoms with Gasteiger partial charge in [0.25, 0.3) is 5.91 Å². The molecule has 3 N–H and O–H groups in total. The normalized spacial score (nSPS) is 9.88. The highest BCUT2D eigenvalue weighted by molar-refractivity contribution is 7.11. The van der Waals surface area contributed by atoms with Crippen LogP contribution in [0.5, 0.6) is 0 Å². The second-order valence-electron chi connectivity index (χ2n) is 3.25. The molecule has 0 radical (unpaired) electrons. The monoisotopic (exact) mass is 247 g/mol. The Hall–Kier alpha value is -2.17. The van der Waals surface area contributed by atoms with Crippen LogP contribution in [0, 0.1) is 11.3 Å². The van der Waals surface area contributed by atoms with Gasteiger partial charge in [0.2, 0.25) is 0 Å². The van der Waals surface area contributed by atoms with Crippen molar-refractivity contribution in [2.45, 2.75) is 6.54 Å². The molecule has 6 nitrogen and oxygen atoms in total. The number of hydrogen-bond acceptors (Lipinski definition) is 5. The summed E-state index contributed by atoms with van der Waals surface area (Å²) in [5, 5.41) is 10.9. The fraction of sp³-hybridized carbons (Fsp3) is 0.100. The van der Waals surface area contributed by atoms with Crippen LogP contribution in [0.1, 0.15) is 21.2 Å². The number of carbonyl (C=O) groups is 1. The van der Waals surface area contributed by atoms with Gasteiger partial charge >= 0.3 is 0 Å². The maximum absolute atomic E-state index is 11.2. The van der Waals surface area contributed by atoms with Gasteiger partial charge < -0.3 is 4.57 Å². The van der Waals surface area contributed by atoms with E-state index in [1.165, 1.54) is 11.3 Å². The second-order valence-corrected chi connectivity index (χ2v) is 4.11. The third-order valence-electron chi connectivity index (χ3n) is 2.15. The molecule has 0 bridgehead atoms. The molecule has 86 valence electrons. The van der Waals surface area contributed by atoms with E-state index >= 15 is 0 Å². The Morgan fingerprint density at radius 2 is 2.53 bits per heavy atom. The van der Waals surface area contributed by atoms with Crippen LogP contribution in [-0.4, -0.2) is 15.5 Å². The Labute approximate surface area is 101 Å². The molecule has 0 aromatic carbocycles. The van der Waals surface area contributed by atoms with Crippen LogP contribution in [0.25, 0.3) is 0 Å². The van der Waals surface area contributed by atoms with Crippen molar-refractivity contribution in [3.05, 3.63) is 40.1 Å². The number of nitrogen functional groups attached to an aromatic ring is 1. The van der Waals surface area contributed by atoms with Crippen LogP contribution in [-0.2, 0) is 6.54 Å². The number of nitrogens with one attached hydrogen (secondary N) is 1. The number of amides is 1. The number of carbonyl (C=O) groups excluding carboxylic acids is 1. The Morgan fingerprint density at radius 1 is 1.71 bits per heavy atom. The maximum Gasteiger partial charge on any atom is 0.294 e. The summed E-state index contributed by atoms with van der Waals surface area (Å²) in [6.45, 7) is 0.463. The van der Waals surface area contributed by atoms with Crippen molar-refractivity contribution in [3.8, 4) is 6.07 Å². The van der Waals surface area contributed by atoms with E-state index in [1.807, 2.05) is 5.43 Å². The molecule has 2 aromatic rings. The molecular formula is C10H9N5OS. The van der Waals surface area contributed by atoms with Gasteiger partial charge in [0, 0.05) is 11.6 Å². The standard InChI is InChI=1S/C10H9N5OS/c11-4-8-2-1-3-15(8)5-7-6-17-10(13-7)9(16)14-12/h1-3,6H,5,12H2,(H,14,16). The molecule has 0 aliphatic heterocycles. The zero-order valence-corrected chi connectivity index (χ0v) is 9.57. The second kappa shape index (κ2) is 4.78. The van der Waals surface area contributed by atoms with Crippen molar-refractivity contribution < 1.29 is 4.79 Å². The molecule has 0 aliphatic rings. The third kappa shape index (κ3) is 2.33. The van der Waals surface area contributed by atoms with E-state index in [-0.39, 0.29) is 0 Å². The highest BCUT2D eigenvalue weighted by atomic mass is 32.1. The predicted molar refractivity (Wildman–Crippen MR) is 62.0 cm³/mol. The van der Waals surface area contributed by atoms with E-state index in [9.17, 15) is 4.79 Å². The number of rotatable bonds is 3. The lowest BCUT2D eigenvalue weighted by atomic mass is 10.4. The summed E-state index contributed by atoms with van der Waals surface area (Å²) in [6, 6.07) is 5.59. The lowest BCUT2D eigenvalue weighted by Crippen LogP contribution is -2.29. The van der Waals surface area contributed by atoms with Gasteiger partial charge in [-0.2, -0.15) is 5.26 Å². The fourth-order valence-electron chi connectivity index (χ4n) is 1.37. The van der Waals surface area contributed by atoms with Crippen molar-refractivity contribution in [3.63, 3.8) is 0 Å². The highest BCUT2D eigenvalue weighted by Crippen LogP contribution is 2.12. The zero-order chi connectivity index (χ0) is 12.3. The molecule has 2 heterocycles. The average molecular weight is 247 g/mol. The van der Waals surface area contributed by atoms with Crippen LogP contribution in [0.2, 0.25) is 0 Å². The van der Waals surface area contributed by atoms with Gasteiger partial charge in [0.1, 0.15) is 11.8 Å². The molecule has 0 spiro atoms. The number of thiazole rings is 1. The Morgan fingerprint density at radius 3 is 3.24 bits per heavy atom. The fourth-order valence-corrected chi connectivity index (χ4v) is 2.08. The van der Waals surface area contributed by atoms with Crippen molar-refractivity contribution in [1.82, 2.24) is 15.0 Å². The maximum atomic E-state index is 11.2. The third-order valence-corrected chi connectivity index (χ3v) is 3.04. The molecule has 0 saturated carbocycles. The number of hydrazine groups is 1. The van der Waals surface area contributed by atoms with Crippen LogP contribution in [0.4, 0.5) is 0 Å². The first-order chi connectivity index (χ1) is 8.24. The van der Waals surface area contributed by atoms with E-state index in [0.29, 0.717) is 17.2 Å². The van der Waals surface area contributed by atoms with E-state index in [1.54, 1.807) is 28.3 Å². The Kier molecular flexibility index (Phi) is 3.18. The lowest BCUT2D eigenvalue weighted by Gasteiger charge is -2.00. The van der Waals surface area contributed by atoms with E-state index in [2.05, 4.69) is 11.1 Å². The van der Waals surface area contributed by atoms with Gasteiger partial charge in [-0.1, -0.05) is 0 Å². The minimum atomic E-state index is -0.408. The molecule has 0 unspecified atom stereocenters. The number of nitrogens with zero attached hydrogens (tertiary/aromatic N) is 3. The summed E-state index contributed by atoms with van der Waals surface area (Å²) in [4.78, 5) is 15.3. The minimum Gasteiger partial charge on any atom is -0.333 e. The van der Waals surface area contributed by atoms with Gasteiger partial charge in [0.15, 0.2) is 5.01 Å². The largest absolute Gasteiger partial charge is 0.333 e. The van der Waals surface area contributed by atoms with Crippen LogP contribution < -0.4 is 11.3 Å². The van der Waals surface area contributed by atoms with Crippen molar-refractivity contribution in [1.29, 1.82) is 5.26 Å². The van der Waals surface area contributed by atoms with Crippen LogP contribution >= 0.6 is 11.3 Å². The summed E-state index contributed by atoms with van der Waals surface area (Å²) in [5.41, 5.74) is 3.31. The van der Waals surface area contributed by atoms with E-state index < -0.39 is 5.91 Å². The number of hydrogen-bond donors (Lipinski definition) is 2. The minimum absolute atomic E-state index is 0.313. The van der Waals surface area contributed by atoms with Gasteiger partial charge in [-0.05, 0) is 12.1 Å². The SMILES string of the molecule is N#Cc1cccn1Cc1csc(C(=O)NN)n1. The van der Waals surface area contributed by atoms with Gasteiger partial charge in [0.05, 0.1) is 12.2 Å². The van der Waals surface area contributed by atoms with Gasteiger partial charge in [-0.3, -0.25) is 10.2 Å². The summed E-state index contributed by atoms with van der Waals surface area (Å²) in [7, 11) is 0. The summed E-state index contributed by atoms with van der Waals surface area (Å²) < 4.78 is 1.76. The molecule has 2 aromatic heterocycles. The number of nitriles is 1. The van der Waals surface area contributed by atoms with Crippen LogP contribution in [0.15, 0.2) is 23.7 Å². The molecule has 1 amide bonds. The quantitative estimate of drug-likeness (QED) is 0.468.